The molecule has 1 aromatic carbocycles. The average molecular weight is 377 g/mol. The van der Waals surface area contributed by atoms with Crippen LogP contribution in [0.2, 0.25) is 0 Å². The third-order valence-corrected chi connectivity index (χ3v) is 5.98. The second-order valence-electron chi connectivity index (χ2n) is 7.87. The van der Waals surface area contributed by atoms with Crippen molar-refractivity contribution < 1.29 is 9.59 Å². The summed E-state index contributed by atoms with van der Waals surface area (Å²) in [7, 11) is 0. The summed E-state index contributed by atoms with van der Waals surface area (Å²) in [6, 6.07) is 11.7. The first-order valence-electron chi connectivity index (χ1n) is 10.3. The highest BCUT2D eigenvalue weighted by Crippen LogP contribution is 2.27. The number of nitrogens with zero attached hydrogens (tertiary/aromatic N) is 2. The van der Waals surface area contributed by atoms with Gasteiger partial charge in [0.2, 0.25) is 5.91 Å². The zero-order chi connectivity index (χ0) is 19.3. The van der Waals surface area contributed by atoms with Crippen molar-refractivity contribution in [3.05, 3.63) is 54.4 Å². The first-order valence-corrected chi connectivity index (χ1v) is 10.3. The zero-order valence-electron chi connectivity index (χ0n) is 16.1. The van der Waals surface area contributed by atoms with Gasteiger partial charge in [-0.05, 0) is 61.1 Å². The quantitative estimate of drug-likeness (QED) is 0.884. The number of pyridine rings is 1. The molecule has 146 valence electrons. The topological polar surface area (TPSA) is 62.3 Å². The van der Waals surface area contributed by atoms with E-state index in [2.05, 4.69) is 10.3 Å². The number of benzene rings is 1. The summed E-state index contributed by atoms with van der Waals surface area (Å²) in [4.78, 5) is 31.3. The summed E-state index contributed by atoms with van der Waals surface area (Å²) in [6.45, 7) is 1.49. The van der Waals surface area contributed by atoms with Crippen LogP contribution in [0.5, 0.6) is 0 Å². The van der Waals surface area contributed by atoms with Crippen LogP contribution in [0.15, 0.2) is 48.8 Å². The van der Waals surface area contributed by atoms with Crippen LogP contribution in [0.25, 0.3) is 11.1 Å². The summed E-state index contributed by atoms with van der Waals surface area (Å²) in [5, 5.41) is 3.15. The van der Waals surface area contributed by atoms with E-state index >= 15 is 0 Å². The molecule has 1 aliphatic heterocycles. The highest BCUT2D eigenvalue weighted by molar-refractivity contribution is 5.95. The lowest BCUT2D eigenvalue weighted by Crippen LogP contribution is -2.47. The number of nitrogens with one attached hydrogen (secondary N) is 1. The zero-order valence-corrected chi connectivity index (χ0v) is 16.1. The van der Waals surface area contributed by atoms with Gasteiger partial charge in [0, 0.05) is 43.0 Å². The molecule has 2 fully saturated rings. The van der Waals surface area contributed by atoms with Gasteiger partial charge < -0.3 is 10.2 Å². The maximum Gasteiger partial charge on any atom is 0.251 e. The van der Waals surface area contributed by atoms with Gasteiger partial charge in [-0.1, -0.05) is 25.0 Å². The second kappa shape index (κ2) is 8.55. The summed E-state index contributed by atoms with van der Waals surface area (Å²) < 4.78 is 0. The van der Waals surface area contributed by atoms with Crippen LogP contribution < -0.4 is 5.32 Å². The van der Waals surface area contributed by atoms with Gasteiger partial charge in [-0.3, -0.25) is 14.6 Å². The molecule has 1 aromatic heterocycles. The molecule has 2 amide bonds. The average Bonchev–Trinajstić information content (AvgIpc) is 3.29. The number of aromatic nitrogens is 1. The molecule has 1 saturated carbocycles. The number of amides is 2. The number of carbonyl (C=O) groups is 2. The lowest BCUT2D eigenvalue weighted by atomic mass is 10.00. The Hall–Kier alpha value is -2.69. The van der Waals surface area contributed by atoms with Gasteiger partial charge in [-0.15, -0.1) is 0 Å². The minimum Gasteiger partial charge on any atom is -0.349 e. The first-order chi connectivity index (χ1) is 13.7. The molecule has 1 saturated heterocycles. The van der Waals surface area contributed by atoms with Crippen molar-refractivity contribution in [1.29, 1.82) is 0 Å². The third-order valence-electron chi connectivity index (χ3n) is 5.98. The largest absolute Gasteiger partial charge is 0.349 e. The van der Waals surface area contributed by atoms with E-state index in [1.54, 1.807) is 12.4 Å². The second-order valence-corrected chi connectivity index (χ2v) is 7.87. The molecule has 2 aromatic rings. The first kappa shape index (κ1) is 18.7. The Morgan fingerprint density at radius 2 is 1.64 bits per heavy atom. The minimum absolute atomic E-state index is 0.0449. The molecule has 2 aliphatic rings. The van der Waals surface area contributed by atoms with Crippen molar-refractivity contribution in [3.8, 4) is 11.1 Å². The van der Waals surface area contributed by atoms with Crippen LogP contribution in [-0.4, -0.2) is 40.8 Å². The van der Waals surface area contributed by atoms with Crippen LogP contribution in [0.1, 0.15) is 48.9 Å². The molecule has 28 heavy (non-hydrogen) atoms. The van der Waals surface area contributed by atoms with Gasteiger partial charge in [0.1, 0.15) is 0 Å². The molecular weight excluding hydrogens is 350 g/mol. The summed E-state index contributed by atoms with van der Waals surface area (Å²) in [5.41, 5.74) is 2.72. The number of likely N-dealkylation sites (tertiary alicyclic amines) is 1. The maximum atomic E-state index is 12.7. The smallest absolute Gasteiger partial charge is 0.251 e. The Morgan fingerprint density at radius 3 is 2.36 bits per heavy atom. The van der Waals surface area contributed by atoms with E-state index in [-0.39, 0.29) is 17.9 Å². The number of hydrogen-bond acceptors (Lipinski definition) is 3. The van der Waals surface area contributed by atoms with E-state index in [4.69, 9.17) is 0 Å². The SMILES string of the molecule is O=C(NC1CCN(C(=O)C2CCCC2)CC1)c1cccc(-c2ccncc2)c1. The van der Waals surface area contributed by atoms with Crippen LogP contribution in [0.4, 0.5) is 0 Å². The Kier molecular flexibility index (Phi) is 5.70. The summed E-state index contributed by atoms with van der Waals surface area (Å²) in [5.74, 6) is 0.519. The number of hydrogen-bond donors (Lipinski definition) is 1. The van der Waals surface area contributed by atoms with Crippen molar-refractivity contribution >= 4 is 11.8 Å². The van der Waals surface area contributed by atoms with Crippen molar-refractivity contribution in [2.24, 2.45) is 5.92 Å². The third kappa shape index (κ3) is 4.24. The predicted octanol–water partition coefficient (Wildman–Crippen LogP) is 3.66. The van der Waals surface area contributed by atoms with E-state index in [1.165, 1.54) is 12.8 Å². The van der Waals surface area contributed by atoms with Gasteiger partial charge in [0.25, 0.3) is 5.91 Å². The van der Waals surface area contributed by atoms with Crippen LogP contribution in [0, 0.1) is 5.92 Å². The molecule has 0 spiro atoms. The molecule has 0 atom stereocenters. The molecular formula is C23H27N3O2. The van der Waals surface area contributed by atoms with Crippen molar-refractivity contribution in [2.45, 2.75) is 44.6 Å². The van der Waals surface area contributed by atoms with E-state index in [1.807, 2.05) is 41.3 Å². The summed E-state index contributed by atoms with van der Waals surface area (Å²) in [6.07, 6.45) is 9.61. The Bertz CT molecular complexity index is 823. The highest BCUT2D eigenvalue weighted by Gasteiger charge is 2.30. The van der Waals surface area contributed by atoms with Crippen LogP contribution in [0.3, 0.4) is 0 Å². The lowest BCUT2D eigenvalue weighted by Gasteiger charge is -2.34. The Balaban J connectivity index is 1.33. The van der Waals surface area contributed by atoms with Crippen molar-refractivity contribution in [3.63, 3.8) is 0 Å². The molecule has 4 rings (SSSR count). The van der Waals surface area contributed by atoms with E-state index in [9.17, 15) is 9.59 Å². The Morgan fingerprint density at radius 1 is 0.929 bits per heavy atom. The predicted molar refractivity (Wildman–Crippen MR) is 109 cm³/mol. The van der Waals surface area contributed by atoms with Crippen molar-refractivity contribution in [1.82, 2.24) is 15.2 Å². The maximum absolute atomic E-state index is 12.7. The molecule has 5 heteroatoms. The number of rotatable bonds is 4. The van der Waals surface area contributed by atoms with E-state index < -0.39 is 0 Å². The standard InChI is InChI=1S/C23H27N3O2/c27-22(20-7-3-6-19(16-20)17-8-12-24-13-9-17)25-21-10-14-26(15-11-21)23(28)18-4-1-2-5-18/h3,6-9,12-13,16,18,21H,1-2,4-5,10-11,14-15H2,(H,25,27). The molecule has 0 bridgehead atoms. The minimum atomic E-state index is -0.0449. The fourth-order valence-electron chi connectivity index (χ4n) is 4.33. The van der Waals surface area contributed by atoms with Gasteiger partial charge in [-0.25, -0.2) is 0 Å². The highest BCUT2D eigenvalue weighted by atomic mass is 16.2. The summed E-state index contributed by atoms with van der Waals surface area (Å²) >= 11 is 0. The number of carbonyl (C=O) groups excluding carboxylic acids is 2. The molecule has 2 heterocycles. The molecule has 1 N–H and O–H groups in total. The van der Waals surface area contributed by atoms with Gasteiger partial charge in [0.05, 0.1) is 0 Å². The van der Waals surface area contributed by atoms with Gasteiger partial charge in [0.15, 0.2) is 0 Å². The molecule has 1 aliphatic carbocycles. The van der Waals surface area contributed by atoms with E-state index in [0.717, 1.165) is 49.9 Å². The Labute approximate surface area is 166 Å². The lowest BCUT2D eigenvalue weighted by molar-refractivity contribution is -0.136. The van der Waals surface area contributed by atoms with E-state index in [0.29, 0.717) is 11.5 Å². The van der Waals surface area contributed by atoms with Crippen molar-refractivity contribution in [2.75, 3.05) is 13.1 Å². The monoisotopic (exact) mass is 377 g/mol. The fourth-order valence-corrected chi connectivity index (χ4v) is 4.33. The van der Waals surface area contributed by atoms with Gasteiger partial charge >= 0.3 is 0 Å². The molecule has 0 radical (unpaired) electrons. The van der Waals surface area contributed by atoms with Crippen LogP contribution in [-0.2, 0) is 4.79 Å². The molecule has 0 unspecified atom stereocenters. The molecule has 5 nitrogen and oxygen atoms in total. The number of piperidine rings is 1. The fraction of sp³-hybridized carbons (Fsp3) is 0.435. The normalized spacial score (nSPS) is 18.2. The van der Waals surface area contributed by atoms with Gasteiger partial charge in [-0.2, -0.15) is 0 Å². The van der Waals surface area contributed by atoms with Crippen LogP contribution >= 0.6 is 0 Å².